The van der Waals surface area contributed by atoms with Crippen LogP contribution in [0.15, 0.2) is 16.6 Å². The Labute approximate surface area is 95.8 Å². The summed E-state index contributed by atoms with van der Waals surface area (Å²) in [6.45, 7) is 2.42. The van der Waals surface area contributed by atoms with Gasteiger partial charge in [0.05, 0.1) is 4.47 Å². The molecule has 2 rings (SSSR count). The van der Waals surface area contributed by atoms with Gasteiger partial charge in [0.15, 0.2) is 11.6 Å². The summed E-state index contributed by atoms with van der Waals surface area (Å²) in [4.78, 5) is 0. The normalized spacial score (nSPS) is 21.6. The second kappa shape index (κ2) is 4.47. The van der Waals surface area contributed by atoms with Crippen molar-refractivity contribution in [2.24, 2.45) is 0 Å². The third-order valence-corrected chi connectivity index (χ3v) is 3.13. The van der Waals surface area contributed by atoms with E-state index in [1.54, 1.807) is 12.1 Å². The molecule has 5 heteroatoms. The van der Waals surface area contributed by atoms with Crippen LogP contribution in [0.3, 0.4) is 0 Å². The van der Waals surface area contributed by atoms with E-state index in [0.717, 1.165) is 13.1 Å². The first kappa shape index (κ1) is 10.9. The van der Waals surface area contributed by atoms with Gasteiger partial charge in [0, 0.05) is 31.2 Å². The van der Waals surface area contributed by atoms with Crippen LogP contribution in [0.4, 0.5) is 4.39 Å². The first-order valence-electron chi connectivity index (χ1n) is 4.81. The van der Waals surface area contributed by atoms with Crippen LogP contribution in [0.2, 0.25) is 0 Å². The number of nitrogens with one attached hydrogen (secondary N) is 2. The van der Waals surface area contributed by atoms with Crippen molar-refractivity contribution in [2.45, 2.75) is 6.04 Å². The van der Waals surface area contributed by atoms with E-state index in [0.29, 0.717) is 12.1 Å². The first-order valence-corrected chi connectivity index (χ1v) is 5.60. The smallest absolute Gasteiger partial charge is 0.179 e. The fourth-order valence-corrected chi connectivity index (χ4v) is 2.03. The highest BCUT2D eigenvalue weighted by Gasteiger charge is 2.20. The standard InChI is InChI=1S/C10H12BrFN2O/c11-7-2-1-6(10(15)9(7)12)8-5-13-3-4-14-8/h1-2,8,13-15H,3-5H2/t8-/m0/s1. The minimum atomic E-state index is -0.597. The lowest BCUT2D eigenvalue weighted by molar-refractivity contribution is 0.386. The molecule has 1 heterocycles. The molecule has 1 aromatic carbocycles. The van der Waals surface area contributed by atoms with Gasteiger partial charge in [0.25, 0.3) is 0 Å². The largest absolute Gasteiger partial charge is 0.505 e. The number of benzene rings is 1. The average Bonchev–Trinajstić information content (AvgIpc) is 2.27. The Kier molecular flexibility index (Phi) is 3.23. The van der Waals surface area contributed by atoms with E-state index in [1.807, 2.05) is 0 Å². The zero-order valence-corrected chi connectivity index (χ0v) is 9.64. The quantitative estimate of drug-likeness (QED) is 0.728. The Morgan fingerprint density at radius 2 is 2.20 bits per heavy atom. The monoisotopic (exact) mass is 274 g/mol. The molecule has 3 nitrogen and oxygen atoms in total. The molecule has 0 aliphatic carbocycles. The Balaban J connectivity index is 2.31. The number of phenolic OH excluding ortho intramolecular Hbond substituents is 1. The van der Waals surface area contributed by atoms with Gasteiger partial charge < -0.3 is 15.7 Å². The molecule has 0 amide bonds. The number of rotatable bonds is 1. The van der Waals surface area contributed by atoms with Crippen molar-refractivity contribution in [1.29, 1.82) is 0 Å². The summed E-state index contributed by atoms with van der Waals surface area (Å²) < 4.78 is 13.7. The lowest BCUT2D eigenvalue weighted by Gasteiger charge is -2.25. The number of hydrogen-bond acceptors (Lipinski definition) is 3. The van der Waals surface area contributed by atoms with Gasteiger partial charge in [0.1, 0.15) is 0 Å². The van der Waals surface area contributed by atoms with Crippen molar-refractivity contribution in [3.8, 4) is 5.75 Å². The Hall–Kier alpha value is -0.650. The zero-order valence-electron chi connectivity index (χ0n) is 8.06. The SMILES string of the molecule is Oc1c([C@@H]2CNCCN2)ccc(Br)c1F. The highest BCUT2D eigenvalue weighted by molar-refractivity contribution is 9.10. The van der Waals surface area contributed by atoms with Crippen LogP contribution < -0.4 is 10.6 Å². The molecular weight excluding hydrogens is 263 g/mol. The summed E-state index contributed by atoms with van der Waals surface area (Å²) in [5.74, 6) is -0.870. The number of phenols is 1. The zero-order chi connectivity index (χ0) is 10.8. The molecule has 1 aliphatic heterocycles. The van der Waals surface area contributed by atoms with E-state index < -0.39 is 5.82 Å². The molecule has 1 aliphatic rings. The summed E-state index contributed by atoms with van der Waals surface area (Å²) >= 11 is 3.03. The lowest BCUT2D eigenvalue weighted by Crippen LogP contribution is -2.42. The predicted octanol–water partition coefficient (Wildman–Crippen LogP) is 1.53. The van der Waals surface area contributed by atoms with Crippen LogP contribution in [-0.2, 0) is 0 Å². The molecule has 0 unspecified atom stereocenters. The van der Waals surface area contributed by atoms with Crippen LogP contribution in [0.25, 0.3) is 0 Å². The van der Waals surface area contributed by atoms with E-state index in [9.17, 15) is 9.50 Å². The second-order valence-corrected chi connectivity index (χ2v) is 4.36. The molecular formula is C10H12BrFN2O. The number of aromatic hydroxyl groups is 1. The van der Waals surface area contributed by atoms with E-state index in [1.165, 1.54) is 0 Å². The molecule has 1 fully saturated rings. The van der Waals surface area contributed by atoms with Gasteiger partial charge in [-0.05, 0) is 22.0 Å². The second-order valence-electron chi connectivity index (χ2n) is 3.51. The fraction of sp³-hybridized carbons (Fsp3) is 0.400. The van der Waals surface area contributed by atoms with E-state index in [4.69, 9.17) is 0 Å². The number of halogens is 2. The van der Waals surface area contributed by atoms with Crippen molar-refractivity contribution in [1.82, 2.24) is 10.6 Å². The van der Waals surface area contributed by atoms with Crippen molar-refractivity contribution in [2.75, 3.05) is 19.6 Å². The van der Waals surface area contributed by atoms with Crippen molar-refractivity contribution in [3.63, 3.8) is 0 Å². The maximum Gasteiger partial charge on any atom is 0.179 e. The Bertz CT molecular complexity index is 367. The van der Waals surface area contributed by atoms with Gasteiger partial charge in [0.2, 0.25) is 0 Å². The molecule has 0 bridgehead atoms. The van der Waals surface area contributed by atoms with Crippen LogP contribution in [-0.4, -0.2) is 24.7 Å². The fourth-order valence-electron chi connectivity index (χ4n) is 1.71. The summed E-state index contributed by atoms with van der Waals surface area (Å²) in [5.41, 5.74) is 0.600. The summed E-state index contributed by atoms with van der Waals surface area (Å²) in [7, 11) is 0. The molecule has 82 valence electrons. The average molecular weight is 275 g/mol. The van der Waals surface area contributed by atoms with Crippen LogP contribution in [0, 0.1) is 5.82 Å². The predicted molar refractivity (Wildman–Crippen MR) is 59.4 cm³/mol. The van der Waals surface area contributed by atoms with Crippen molar-refractivity contribution >= 4 is 15.9 Å². The van der Waals surface area contributed by atoms with Crippen LogP contribution >= 0.6 is 15.9 Å². The Morgan fingerprint density at radius 3 is 2.87 bits per heavy atom. The molecule has 0 spiro atoms. The Morgan fingerprint density at radius 1 is 1.40 bits per heavy atom. The molecule has 1 atom stereocenters. The molecule has 3 N–H and O–H groups in total. The van der Waals surface area contributed by atoms with Gasteiger partial charge >= 0.3 is 0 Å². The molecule has 0 aromatic heterocycles. The van der Waals surface area contributed by atoms with E-state index in [-0.39, 0.29) is 16.3 Å². The number of hydrogen-bond donors (Lipinski definition) is 3. The lowest BCUT2D eigenvalue weighted by atomic mass is 10.0. The van der Waals surface area contributed by atoms with Gasteiger partial charge in [-0.1, -0.05) is 6.07 Å². The van der Waals surface area contributed by atoms with Gasteiger partial charge in [-0.3, -0.25) is 0 Å². The minimum absolute atomic E-state index is 0.0265. The third-order valence-electron chi connectivity index (χ3n) is 2.52. The summed E-state index contributed by atoms with van der Waals surface area (Å²) in [5, 5.41) is 16.1. The first-order chi connectivity index (χ1) is 7.20. The highest BCUT2D eigenvalue weighted by atomic mass is 79.9. The molecule has 0 radical (unpaired) electrons. The van der Waals surface area contributed by atoms with Gasteiger partial charge in [-0.25, -0.2) is 4.39 Å². The summed E-state index contributed by atoms with van der Waals surface area (Å²) in [6, 6.07) is 3.31. The maximum atomic E-state index is 13.4. The molecule has 15 heavy (non-hydrogen) atoms. The van der Waals surface area contributed by atoms with Crippen molar-refractivity contribution < 1.29 is 9.50 Å². The summed E-state index contributed by atoms with van der Waals surface area (Å²) in [6.07, 6.45) is 0. The van der Waals surface area contributed by atoms with E-state index >= 15 is 0 Å². The molecule has 1 saturated heterocycles. The minimum Gasteiger partial charge on any atom is -0.505 e. The van der Waals surface area contributed by atoms with Crippen molar-refractivity contribution in [3.05, 3.63) is 28.0 Å². The molecule has 0 saturated carbocycles. The highest BCUT2D eigenvalue weighted by Crippen LogP contribution is 2.31. The van der Waals surface area contributed by atoms with E-state index in [2.05, 4.69) is 26.6 Å². The van der Waals surface area contributed by atoms with Crippen LogP contribution in [0.5, 0.6) is 5.75 Å². The third kappa shape index (κ3) is 2.14. The maximum absolute atomic E-state index is 13.4. The molecule has 1 aromatic rings. The van der Waals surface area contributed by atoms with Gasteiger partial charge in [-0.15, -0.1) is 0 Å². The van der Waals surface area contributed by atoms with Crippen LogP contribution in [0.1, 0.15) is 11.6 Å². The number of piperazine rings is 1. The topological polar surface area (TPSA) is 44.3 Å². The van der Waals surface area contributed by atoms with Gasteiger partial charge in [-0.2, -0.15) is 0 Å².